The summed E-state index contributed by atoms with van der Waals surface area (Å²) in [6.07, 6.45) is 1.57. The van der Waals surface area contributed by atoms with E-state index in [4.69, 9.17) is 0 Å². The molecule has 0 spiro atoms. The first-order valence-corrected chi connectivity index (χ1v) is 9.13. The van der Waals surface area contributed by atoms with Gasteiger partial charge in [0, 0.05) is 43.2 Å². The fraction of sp³-hybridized carbons (Fsp3) is 0.300. The first-order chi connectivity index (χ1) is 13.4. The van der Waals surface area contributed by atoms with Crippen LogP contribution in [0.3, 0.4) is 0 Å². The number of nitrogens with one attached hydrogen (secondary N) is 2. The van der Waals surface area contributed by atoms with Crippen LogP contribution in [0.4, 0.5) is 11.5 Å². The van der Waals surface area contributed by atoms with Crippen molar-refractivity contribution in [2.75, 3.05) is 24.3 Å². The van der Waals surface area contributed by atoms with Crippen LogP contribution in [0, 0.1) is 6.92 Å². The van der Waals surface area contributed by atoms with Crippen LogP contribution in [0.15, 0.2) is 41.2 Å². The Kier molecular flexibility index (Phi) is 5.58. The van der Waals surface area contributed by atoms with Gasteiger partial charge in [0.05, 0.1) is 5.69 Å². The zero-order chi connectivity index (χ0) is 20.3. The van der Waals surface area contributed by atoms with Crippen LogP contribution >= 0.6 is 0 Å². The van der Waals surface area contributed by atoms with E-state index in [-0.39, 0.29) is 17.4 Å². The molecule has 1 amide bonds. The summed E-state index contributed by atoms with van der Waals surface area (Å²) in [5.74, 6) is 0.452. The van der Waals surface area contributed by atoms with Crippen molar-refractivity contribution < 1.29 is 4.79 Å². The summed E-state index contributed by atoms with van der Waals surface area (Å²) in [7, 11) is 3.83. The van der Waals surface area contributed by atoms with Crippen molar-refractivity contribution in [3.05, 3.63) is 63.7 Å². The number of hydrogen-bond donors (Lipinski definition) is 2. The van der Waals surface area contributed by atoms with E-state index in [1.165, 1.54) is 10.7 Å². The van der Waals surface area contributed by atoms with E-state index >= 15 is 0 Å². The zero-order valence-corrected chi connectivity index (χ0v) is 16.5. The van der Waals surface area contributed by atoms with Gasteiger partial charge in [0.15, 0.2) is 0 Å². The molecule has 28 heavy (non-hydrogen) atoms. The molecule has 0 fully saturated rings. The molecule has 0 saturated heterocycles. The van der Waals surface area contributed by atoms with Gasteiger partial charge in [-0.1, -0.05) is 19.4 Å². The van der Waals surface area contributed by atoms with Gasteiger partial charge < -0.3 is 10.2 Å². The predicted molar refractivity (Wildman–Crippen MR) is 109 cm³/mol. The second-order valence-electron chi connectivity index (χ2n) is 6.79. The molecule has 0 aliphatic rings. The van der Waals surface area contributed by atoms with Gasteiger partial charge in [-0.25, -0.2) is 4.98 Å². The highest BCUT2D eigenvalue weighted by molar-refractivity contribution is 6.04. The highest BCUT2D eigenvalue weighted by Crippen LogP contribution is 2.18. The maximum absolute atomic E-state index is 12.8. The Bertz CT molecular complexity index is 1050. The molecule has 1 aromatic carbocycles. The van der Waals surface area contributed by atoms with Crippen LogP contribution in [0.1, 0.15) is 35.1 Å². The minimum absolute atomic E-state index is 0.252. The minimum Gasteiger partial charge on any atom is -0.378 e. The zero-order valence-electron chi connectivity index (χ0n) is 16.5. The quantitative estimate of drug-likeness (QED) is 0.685. The molecule has 2 heterocycles. The normalized spacial score (nSPS) is 10.7. The largest absolute Gasteiger partial charge is 0.378 e. The number of anilines is 2. The van der Waals surface area contributed by atoms with E-state index in [0.29, 0.717) is 29.2 Å². The summed E-state index contributed by atoms with van der Waals surface area (Å²) in [6.45, 7) is 3.83. The van der Waals surface area contributed by atoms with Gasteiger partial charge in [0.1, 0.15) is 5.82 Å². The Morgan fingerprint density at radius 1 is 1.25 bits per heavy atom. The van der Waals surface area contributed by atoms with Gasteiger partial charge in [-0.15, -0.1) is 0 Å². The molecule has 0 saturated carbocycles. The molecular weight excluding hydrogens is 356 g/mol. The van der Waals surface area contributed by atoms with E-state index in [1.807, 2.05) is 51.0 Å². The number of rotatable bonds is 6. The van der Waals surface area contributed by atoms with E-state index in [2.05, 4.69) is 20.4 Å². The third kappa shape index (κ3) is 4.28. The van der Waals surface area contributed by atoms with Crippen LogP contribution in [-0.2, 0) is 6.42 Å². The number of nitrogens with zero attached hydrogens (tertiary/aromatic N) is 4. The molecule has 8 nitrogen and oxygen atoms in total. The van der Waals surface area contributed by atoms with E-state index in [9.17, 15) is 9.59 Å². The van der Waals surface area contributed by atoms with Crippen molar-refractivity contribution >= 4 is 17.4 Å². The average Bonchev–Trinajstić information content (AvgIpc) is 3.02. The van der Waals surface area contributed by atoms with Crippen LogP contribution in [0.5, 0.6) is 0 Å². The summed E-state index contributed by atoms with van der Waals surface area (Å²) in [6, 6.07) is 10.5. The Balaban J connectivity index is 1.94. The fourth-order valence-corrected chi connectivity index (χ4v) is 2.84. The molecule has 2 aromatic heterocycles. The lowest BCUT2D eigenvalue weighted by molar-refractivity contribution is 0.102. The van der Waals surface area contributed by atoms with Crippen molar-refractivity contribution in [2.24, 2.45) is 0 Å². The monoisotopic (exact) mass is 380 g/mol. The number of aryl methyl sites for hydroxylation is 2. The number of hydrogen-bond acceptors (Lipinski definition) is 5. The number of carbonyl (C=O) groups excluding carboxylic acids is 1. The first-order valence-electron chi connectivity index (χ1n) is 9.13. The third-order valence-corrected chi connectivity index (χ3v) is 4.19. The number of amides is 1. The van der Waals surface area contributed by atoms with Gasteiger partial charge in [-0.2, -0.15) is 9.78 Å². The lowest BCUT2D eigenvalue weighted by Crippen LogP contribution is -2.19. The van der Waals surface area contributed by atoms with Gasteiger partial charge >= 0.3 is 0 Å². The summed E-state index contributed by atoms with van der Waals surface area (Å²) in [5, 5.41) is 7.24. The van der Waals surface area contributed by atoms with Crippen LogP contribution in [-0.4, -0.2) is 39.8 Å². The SMILES string of the molecule is CCCc1cc(=O)[nH]c(-n2nc(C)cc2NC(=O)c2cccc(N(C)C)c2)n1. The van der Waals surface area contributed by atoms with Crippen molar-refractivity contribution in [3.8, 4) is 5.95 Å². The maximum atomic E-state index is 12.8. The summed E-state index contributed by atoms with van der Waals surface area (Å²) in [4.78, 5) is 33.8. The Hall–Kier alpha value is -3.42. The third-order valence-electron chi connectivity index (χ3n) is 4.19. The van der Waals surface area contributed by atoms with Crippen molar-refractivity contribution in [2.45, 2.75) is 26.7 Å². The second-order valence-corrected chi connectivity index (χ2v) is 6.79. The molecule has 0 aliphatic heterocycles. The Morgan fingerprint density at radius 2 is 2.04 bits per heavy atom. The summed E-state index contributed by atoms with van der Waals surface area (Å²) < 4.78 is 1.45. The highest BCUT2D eigenvalue weighted by atomic mass is 16.1. The van der Waals surface area contributed by atoms with Crippen LogP contribution in [0.2, 0.25) is 0 Å². The Morgan fingerprint density at radius 3 is 2.75 bits per heavy atom. The molecule has 0 radical (unpaired) electrons. The van der Waals surface area contributed by atoms with Gasteiger partial charge in [-0.05, 0) is 31.5 Å². The maximum Gasteiger partial charge on any atom is 0.256 e. The van der Waals surface area contributed by atoms with E-state index in [0.717, 1.165) is 12.1 Å². The van der Waals surface area contributed by atoms with Crippen molar-refractivity contribution in [1.82, 2.24) is 19.7 Å². The number of benzene rings is 1. The number of aromatic amines is 1. The number of H-pyrrole nitrogens is 1. The topological polar surface area (TPSA) is 95.9 Å². The average molecular weight is 380 g/mol. The summed E-state index contributed by atoms with van der Waals surface area (Å²) in [5.41, 5.74) is 2.58. The smallest absolute Gasteiger partial charge is 0.256 e. The van der Waals surface area contributed by atoms with Gasteiger partial charge in [0.2, 0.25) is 5.95 Å². The molecule has 8 heteroatoms. The highest BCUT2D eigenvalue weighted by Gasteiger charge is 2.15. The van der Waals surface area contributed by atoms with Gasteiger partial charge in [-0.3, -0.25) is 14.6 Å². The van der Waals surface area contributed by atoms with Crippen LogP contribution < -0.4 is 15.8 Å². The van der Waals surface area contributed by atoms with Crippen molar-refractivity contribution in [3.63, 3.8) is 0 Å². The van der Waals surface area contributed by atoms with Crippen LogP contribution in [0.25, 0.3) is 5.95 Å². The molecule has 0 bridgehead atoms. The molecule has 0 aliphatic carbocycles. The molecule has 3 aromatic rings. The molecule has 3 rings (SSSR count). The minimum atomic E-state index is -0.267. The predicted octanol–water partition coefficient (Wildman–Crippen LogP) is 2.53. The fourth-order valence-electron chi connectivity index (χ4n) is 2.84. The van der Waals surface area contributed by atoms with E-state index < -0.39 is 0 Å². The molecule has 146 valence electrons. The number of carbonyl (C=O) groups is 1. The van der Waals surface area contributed by atoms with Crippen molar-refractivity contribution in [1.29, 1.82) is 0 Å². The molecule has 0 unspecified atom stereocenters. The van der Waals surface area contributed by atoms with Gasteiger partial charge in [0.25, 0.3) is 11.5 Å². The molecule has 0 atom stereocenters. The lowest BCUT2D eigenvalue weighted by Gasteiger charge is -2.14. The second kappa shape index (κ2) is 8.08. The standard InChI is InChI=1S/C20H24N6O2/c1-5-7-15-12-18(27)23-20(21-15)26-17(10-13(2)24-26)22-19(28)14-8-6-9-16(11-14)25(3)4/h6,8-12H,5,7H2,1-4H3,(H,22,28)(H,21,23,27). The Labute approximate surface area is 163 Å². The summed E-state index contributed by atoms with van der Waals surface area (Å²) >= 11 is 0. The number of aromatic nitrogens is 4. The molecular formula is C20H24N6O2. The van der Waals surface area contributed by atoms with E-state index in [1.54, 1.807) is 12.1 Å². The lowest BCUT2D eigenvalue weighted by atomic mass is 10.2. The molecule has 2 N–H and O–H groups in total. The first kappa shape index (κ1) is 19.3.